The molecule has 0 atom stereocenters. The fourth-order valence-electron chi connectivity index (χ4n) is 2.18. The number of hydrogen-bond donors (Lipinski definition) is 1. The van der Waals surface area contributed by atoms with Crippen molar-refractivity contribution in [2.45, 2.75) is 4.90 Å². The average molecular weight is 521 g/mol. The highest BCUT2D eigenvalue weighted by molar-refractivity contribution is 9.10. The van der Waals surface area contributed by atoms with E-state index in [0.29, 0.717) is 13.6 Å². The third kappa shape index (κ3) is 5.02. The van der Waals surface area contributed by atoms with Crippen LogP contribution in [0, 0.1) is 0 Å². The number of nitrogens with zero attached hydrogens (tertiary/aromatic N) is 2. The van der Waals surface area contributed by atoms with Gasteiger partial charge in [-0.15, -0.1) is 9.19 Å². The molecular weight excluding hydrogens is 509 g/mol. The Morgan fingerprint density at radius 2 is 1.83 bits per heavy atom. The zero-order valence-electron chi connectivity index (χ0n) is 14.4. The van der Waals surface area contributed by atoms with Crippen molar-refractivity contribution < 1.29 is 22.7 Å². The smallest absolute Gasteiger partial charge is 0.350 e. The van der Waals surface area contributed by atoms with Crippen LogP contribution in [-0.2, 0) is 14.8 Å². The van der Waals surface area contributed by atoms with E-state index in [9.17, 15) is 13.2 Å². The molecule has 1 aromatic heterocycles. The van der Waals surface area contributed by atoms with E-state index in [0.717, 1.165) is 6.07 Å². The van der Waals surface area contributed by atoms with Gasteiger partial charge in [0.25, 0.3) is 10.0 Å². The van der Waals surface area contributed by atoms with E-state index in [1.165, 1.54) is 24.3 Å². The van der Waals surface area contributed by atoms with Crippen LogP contribution in [0.3, 0.4) is 0 Å². The van der Waals surface area contributed by atoms with Crippen LogP contribution >= 0.6 is 39.1 Å². The molecule has 3 rings (SSSR count). The van der Waals surface area contributed by atoms with Gasteiger partial charge in [-0.1, -0.05) is 39.1 Å². The van der Waals surface area contributed by atoms with Crippen LogP contribution in [0.15, 0.2) is 57.9 Å². The van der Waals surface area contributed by atoms with E-state index < -0.39 is 22.6 Å². The first-order valence-corrected chi connectivity index (χ1v) is 10.8. The molecule has 0 aliphatic heterocycles. The summed E-state index contributed by atoms with van der Waals surface area (Å²) in [6.07, 6.45) is 0. The summed E-state index contributed by atoms with van der Waals surface area (Å²) in [4.78, 5) is 11.9. The summed E-state index contributed by atoms with van der Waals surface area (Å²) in [5.41, 5.74) is 5.73. The zero-order chi connectivity index (χ0) is 21.2. The van der Waals surface area contributed by atoms with Crippen molar-refractivity contribution in [2.75, 3.05) is 12.3 Å². The minimum absolute atomic E-state index is 0.0332. The number of hydrogen-bond acceptors (Lipinski definition) is 7. The van der Waals surface area contributed by atoms with E-state index >= 15 is 0 Å². The van der Waals surface area contributed by atoms with Crippen LogP contribution in [-0.4, -0.2) is 30.2 Å². The van der Waals surface area contributed by atoms with E-state index in [1.807, 2.05) is 0 Å². The molecule has 0 radical (unpaired) electrons. The molecule has 0 amide bonds. The second-order valence-electron chi connectivity index (χ2n) is 5.55. The third-order valence-electron chi connectivity index (χ3n) is 3.48. The topological polar surface area (TPSA) is 114 Å². The number of esters is 1. The van der Waals surface area contributed by atoms with Gasteiger partial charge in [-0.25, -0.2) is 4.79 Å². The van der Waals surface area contributed by atoms with Crippen LogP contribution in [0.4, 0.5) is 5.82 Å². The Balaban J connectivity index is 1.71. The average Bonchev–Trinajstić information content (AvgIpc) is 3.02. The molecule has 0 spiro atoms. The largest absolute Gasteiger partial charge is 0.480 e. The van der Waals surface area contributed by atoms with Gasteiger partial charge in [0.1, 0.15) is 11.6 Å². The lowest BCUT2D eigenvalue weighted by atomic mass is 10.3. The van der Waals surface area contributed by atoms with Crippen LogP contribution in [0.1, 0.15) is 0 Å². The minimum Gasteiger partial charge on any atom is -0.480 e. The van der Waals surface area contributed by atoms with Crippen LogP contribution in [0.25, 0.3) is 0 Å². The summed E-state index contributed by atoms with van der Waals surface area (Å²) in [6, 6.07) is 11.5. The minimum atomic E-state index is -4.06. The number of anilines is 1. The molecular formula is C17H12BrCl2N3O5S. The second kappa shape index (κ2) is 8.62. The summed E-state index contributed by atoms with van der Waals surface area (Å²) in [6.45, 7) is -0.492. The maximum Gasteiger partial charge on any atom is 0.350 e. The number of benzene rings is 2. The van der Waals surface area contributed by atoms with Crippen molar-refractivity contribution in [1.29, 1.82) is 0 Å². The van der Waals surface area contributed by atoms with Crippen molar-refractivity contribution in [2.24, 2.45) is 0 Å². The Morgan fingerprint density at radius 1 is 1.14 bits per heavy atom. The molecule has 2 aromatic carbocycles. The molecule has 8 nitrogen and oxygen atoms in total. The number of nitrogens with two attached hydrogens (primary N) is 1. The molecule has 0 fully saturated rings. The van der Waals surface area contributed by atoms with Gasteiger partial charge in [-0.05, 0) is 42.5 Å². The van der Waals surface area contributed by atoms with E-state index in [4.69, 9.17) is 38.4 Å². The van der Waals surface area contributed by atoms with Crippen molar-refractivity contribution in [3.63, 3.8) is 0 Å². The molecule has 0 saturated carbocycles. The van der Waals surface area contributed by atoms with Gasteiger partial charge >= 0.3 is 5.97 Å². The molecule has 0 aliphatic carbocycles. The first kappa shape index (κ1) is 21.4. The van der Waals surface area contributed by atoms with Gasteiger partial charge in [-0.2, -0.15) is 8.42 Å². The van der Waals surface area contributed by atoms with Crippen molar-refractivity contribution in [3.05, 3.63) is 63.0 Å². The molecule has 0 bridgehead atoms. The normalized spacial score (nSPS) is 11.3. The molecule has 12 heteroatoms. The number of ether oxygens (including phenoxy) is 2. The van der Waals surface area contributed by atoms with Gasteiger partial charge < -0.3 is 15.2 Å². The van der Waals surface area contributed by atoms with Gasteiger partial charge in [0.2, 0.25) is 5.88 Å². The summed E-state index contributed by atoms with van der Waals surface area (Å²) >= 11 is 15.0. The third-order valence-corrected chi connectivity index (χ3v) is 6.15. The molecule has 2 N–H and O–H groups in total. The number of rotatable bonds is 6. The monoisotopic (exact) mass is 519 g/mol. The summed E-state index contributed by atoms with van der Waals surface area (Å²) < 4.78 is 36.8. The highest BCUT2D eigenvalue weighted by Crippen LogP contribution is 2.27. The highest BCUT2D eigenvalue weighted by Gasteiger charge is 2.23. The van der Waals surface area contributed by atoms with Gasteiger partial charge in [-0.3, -0.25) is 0 Å². The number of aromatic nitrogens is 2. The predicted molar refractivity (Wildman–Crippen MR) is 111 cm³/mol. The number of nitrogen functional groups attached to an aromatic ring is 1. The quantitative estimate of drug-likeness (QED) is 0.492. The number of carbonyl (C=O) groups is 1. The summed E-state index contributed by atoms with van der Waals surface area (Å²) in [5.74, 6) is -1.12. The first-order valence-electron chi connectivity index (χ1n) is 7.82. The Labute approximate surface area is 184 Å². The molecule has 1 heterocycles. The molecule has 0 saturated heterocycles. The zero-order valence-corrected chi connectivity index (χ0v) is 18.3. The van der Waals surface area contributed by atoms with Crippen LogP contribution in [0.5, 0.6) is 11.6 Å². The molecule has 0 unspecified atom stereocenters. The maximum atomic E-state index is 12.7. The standard InChI is InChI=1S/C17H12BrCl2N3O5S/c18-10-1-4-12(5-2-10)29(25,26)23-15(21)8-16(22-23)28-17(24)9-27-14-6-3-11(19)7-13(14)20/h1-8H,9,21H2. The van der Waals surface area contributed by atoms with Gasteiger partial charge in [0.05, 0.1) is 9.92 Å². The maximum absolute atomic E-state index is 12.7. The first-order chi connectivity index (χ1) is 13.7. The Kier molecular flexibility index (Phi) is 6.37. The molecule has 3 aromatic rings. The van der Waals surface area contributed by atoms with Crippen LogP contribution < -0.4 is 15.2 Å². The predicted octanol–water partition coefficient (Wildman–Crippen LogP) is 3.76. The van der Waals surface area contributed by atoms with E-state index in [1.54, 1.807) is 18.2 Å². The Bertz CT molecular complexity index is 1170. The summed E-state index contributed by atoms with van der Waals surface area (Å²) in [7, 11) is -4.06. The van der Waals surface area contributed by atoms with Gasteiger partial charge in [0.15, 0.2) is 6.61 Å². The molecule has 152 valence electrons. The van der Waals surface area contributed by atoms with Crippen molar-refractivity contribution >= 4 is 60.9 Å². The second-order valence-corrected chi connectivity index (χ2v) is 9.07. The lowest BCUT2D eigenvalue weighted by Crippen LogP contribution is -2.19. The fourth-order valence-corrected chi connectivity index (χ4v) is 4.11. The van der Waals surface area contributed by atoms with Crippen molar-refractivity contribution in [3.8, 4) is 11.6 Å². The van der Waals surface area contributed by atoms with E-state index in [2.05, 4.69) is 21.0 Å². The lowest BCUT2D eigenvalue weighted by Gasteiger charge is -2.07. The highest BCUT2D eigenvalue weighted by atomic mass is 79.9. The fraction of sp³-hybridized carbons (Fsp3) is 0.0588. The van der Waals surface area contributed by atoms with Crippen molar-refractivity contribution in [1.82, 2.24) is 9.19 Å². The Hall–Kier alpha value is -2.27. The Morgan fingerprint density at radius 3 is 2.48 bits per heavy atom. The number of halogens is 3. The number of carbonyl (C=O) groups excluding carboxylic acids is 1. The molecule has 29 heavy (non-hydrogen) atoms. The van der Waals surface area contributed by atoms with Crippen LogP contribution in [0.2, 0.25) is 10.0 Å². The van der Waals surface area contributed by atoms with Gasteiger partial charge in [0, 0.05) is 15.6 Å². The van der Waals surface area contributed by atoms with E-state index in [-0.39, 0.29) is 27.4 Å². The lowest BCUT2D eigenvalue weighted by molar-refractivity contribution is -0.136. The SMILES string of the molecule is Nc1cc(OC(=O)COc2ccc(Cl)cc2Cl)nn1S(=O)(=O)c1ccc(Br)cc1. The molecule has 0 aliphatic rings. The summed E-state index contributed by atoms with van der Waals surface area (Å²) in [5, 5.41) is 4.39.